The topological polar surface area (TPSA) is 95.1 Å². The summed E-state index contributed by atoms with van der Waals surface area (Å²) in [4.78, 5) is 24.1. The van der Waals surface area contributed by atoms with Gasteiger partial charge < -0.3 is 29.6 Å². The van der Waals surface area contributed by atoms with E-state index in [0.717, 1.165) is 5.56 Å². The maximum Gasteiger partial charge on any atom is 0.412 e. The SMILES string of the molecule is CNC(=O)Oc1cc(SCc2ccc(Cl)cc2)c(OC(=O)NC)c(OC)c1OC. The summed E-state index contributed by atoms with van der Waals surface area (Å²) in [5, 5.41) is 5.39. The maximum atomic E-state index is 11.9. The third kappa shape index (κ3) is 5.85. The van der Waals surface area contributed by atoms with Crippen molar-refractivity contribution in [3.63, 3.8) is 0 Å². The molecule has 0 saturated heterocycles. The molecule has 0 saturated carbocycles. The van der Waals surface area contributed by atoms with Gasteiger partial charge in [0.25, 0.3) is 0 Å². The number of rotatable bonds is 7. The summed E-state index contributed by atoms with van der Waals surface area (Å²) in [5.74, 6) is 1.04. The van der Waals surface area contributed by atoms with Gasteiger partial charge in [0.2, 0.25) is 11.5 Å². The van der Waals surface area contributed by atoms with Gasteiger partial charge in [-0.3, -0.25) is 0 Å². The van der Waals surface area contributed by atoms with Crippen LogP contribution in [0.15, 0.2) is 35.2 Å². The minimum absolute atomic E-state index is 0.117. The third-order valence-electron chi connectivity index (χ3n) is 3.64. The van der Waals surface area contributed by atoms with E-state index in [0.29, 0.717) is 15.7 Å². The number of halogens is 1. The normalized spacial score (nSPS) is 10.1. The van der Waals surface area contributed by atoms with Gasteiger partial charge in [0.05, 0.1) is 19.1 Å². The lowest BCUT2D eigenvalue weighted by Gasteiger charge is -2.19. The van der Waals surface area contributed by atoms with E-state index in [1.54, 1.807) is 18.2 Å². The van der Waals surface area contributed by atoms with Gasteiger partial charge in [0.15, 0.2) is 11.5 Å². The number of methoxy groups -OCH3 is 2. The Balaban J connectivity index is 2.50. The lowest BCUT2D eigenvalue weighted by molar-refractivity contribution is 0.194. The van der Waals surface area contributed by atoms with Crippen molar-refractivity contribution in [1.29, 1.82) is 0 Å². The molecular formula is C19H21ClN2O6S. The van der Waals surface area contributed by atoms with Crippen molar-refractivity contribution < 1.29 is 28.5 Å². The molecule has 0 bridgehead atoms. The highest BCUT2D eigenvalue weighted by molar-refractivity contribution is 7.98. The highest BCUT2D eigenvalue weighted by atomic mass is 35.5. The van der Waals surface area contributed by atoms with E-state index >= 15 is 0 Å². The Hall–Kier alpha value is -2.78. The Labute approximate surface area is 177 Å². The average Bonchev–Trinajstić information content (AvgIpc) is 2.73. The van der Waals surface area contributed by atoms with Gasteiger partial charge >= 0.3 is 12.2 Å². The fourth-order valence-electron chi connectivity index (χ4n) is 2.27. The van der Waals surface area contributed by atoms with Crippen LogP contribution in [0.1, 0.15) is 5.56 Å². The van der Waals surface area contributed by atoms with Gasteiger partial charge in [-0.1, -0.05) is 23.7 Å². The molecule has 0 spiro atoms. The minimum Gasteiger partial charge on any atom is -0.490 e. The van der Waals surface area contributed by atoms with Gasteiger partial charge in [-0.2, -0.15) is 0 Å². The van der Waals surface area contributed by atoms with Crippen molar-refractivity contribution in [3.8, 4) is 23.0 Å². The first-order chi connectivity index (χ1) is 13.9. The Morgan fingerprint density at radius 1 is 0.931 bits per heavy atom. The first-order valence-corrected chi connectivity index (χ1v) is 9.75. The van der Waals surface area contributed by atoms with E-state index in [-0.39, 0.29) is 23.0 Å². The van der Waals surface area contributed by atoms with Crippen molar-refractivity contribution in [1.82, 2.24) is 10.6 Å². The van der Waals surface area contributed by atoms with E-state index < -0.39 is 12.2 Å². The molecule has 0 radical (unpaired) electrons. The molecule has 156 valence electrons. The van der Waals surface area contributed by atoms with Crippen LogP contribution in [0.3, 0.4) is 0 Å². The molecule has 29 heavy (non-hydrogen) atoms. The number of hydrogen-bond acceptors (Lipinski definition) is 7. The number of amides is 2. The molecule has 0 aliphatic heterocycles. The molecule has 0 aliphatic rings. The largest absolute Gasteiger partial charge is 0.490 e. The number of hydrogen-bond donors (Lipinski definition) is 2. The molecule has 8 nitrogen and oxygen atoms in total. The Morgan fingerprint density at radius 3 is 2.07 bits per heavy atom. The number of carbonyl (C=O) groups is 2. The molecule has 2 aromatic rings. The second-order valence-electron chi connectivity index (χ2n) is 5.46. The number of nitrogens with one attached hydrogen (secondary N) is 2. The molecule has 2 amide bonds. The maximum absolute atomic E-state index is 11.9. The summed E-state index contributed by atoms with van der Waals surface area (Å²) in [6.07, 6.45) is -1.36. The molecule has 2 aromatic carbocycles. The van der Waals surface area contributed by atoms with Gasteiger partial charge in [0.1, 0.15) is 0 Å². The molecule has 0 atom stereocenters. The summed E-state index contributed by atoms with van der Waals surface area (Å²) in [6.45, 7) is 0. The van der Waals surface area contributed by atoms with Gasteiger partial charge in [-0.15, -0.1) is 11.8 Å². The van der Waals surface area contributed by atoms with Gasteiger partial charge in [-0.05, 0) is 17.7 Å². The lowest BCUT2D eigenvalue weighted by Crippen LogP contribution is -2.23. The van der Waals surface area contributed by atoms with Gasteiger partial charge in [-0.25, -0.2) is 9.59 Å². The van der Waals surface area contributed by atoms with Crippen LogP contribution in [0.4, 0.5) is 9.59 Å². The van der Waals surface area contributed by atoms with Gasteiger partial charge in [0, 0.05) is 30.9 Å². The van der Waals surface area contributed by atoms with Crippen LogP contribution in [0.5, 0.6) is 23.0 Å². The first-order valence-electron chi connectivity index (χ1n) is 8.38. The zero-order chi connectivity index (χ0) is 21.4. The fourth-order valence-corrected chi connectivity index (χ4v) is 3.37. The summed E-state index contributed by atoms with van der Waals surface area (Å²) >= 11 is 7.29. The molecule has 10 heteroatoms. The predicted octanol–water partition coefficient (Wildman–Crippen LogP) is 4.09. The quantitative estimate of drug-likeness (QED) is 0.626. The summed E-state index contributed by atoms with van der Waals surface area (Å²) in [6, 6.07) is 8.90. The number of carbonyl (C=O) groups excluding carboxylic acids is 2. The van der Waals surface area contributed by atoms with Crippen LogP contribution in [0, 0.1) is 0 Å². The average molecular weight is 441 g/mol. The standard InChI is InChI=1S/C19H21ClN2O6S/c1-21-18(23)27-13-9-14(29-10-11-5-7-12(20)8-6-11)16(28-19(24)22-2)17(26-4)15(13)25-3/h5-9H,10H2,1-4H3,(H,21,23)(H,22,24). The summed E-state index contributed by atoms with van der Waals surface area (Å²) in [5.41, 5.74) is 0.994. The zero-order valence-electron chi connectivity index (χ0n) is 16.3. The van der Waals surface area contributed by atoms with Crippen molar-refractivity contribution >= 4 is 35.5 Å². The minimum atomic E-state index is -0.682. The van der Waals surface area contributed by atoms with Crippen LogP contribution < -0.4 is 29.6 Å². The molecule has 0 aromatic heterocycles. The molecule has 2 N–H and O–H groups in total. The highest BCUT2D eigenvalue weighted by Gasteiger charge is 2.25. The molecule has 2 rings (SSSR count). The smallest absolute Gasteiger partial charge is 0.412 e. The molecule has 0 heterocycles. The van der Waals surface area contributed by atoms with E-state index in [9.17, 15) is 9.59 Å². The predicted molar refractivity (Wildman–Crippen MR) is 111 cm³/mol. The highest BCUT2D eigenvalue weighted by Crippen LogP contribution is 2.50. The molecular weight excluding hydrogens is 420 g/mol. The van der Waals surface area contributed by atoms with Crippen molar-refractivity contribution in [2.45, 2.75) is 10.6 Å². The van der Waals surface area contributed by atoms with Crippen molar-refractivity contribution in [2.75, 3.05) is 28.3 Å². The monoisotopic (exact) mass is 440 g/mol. The van der Waals surface area contributed by atoms with E-state index in [1.807, 2.05) is 12.1 Å². The van der Waals surface area contributed by atoms with Crippen LogP contribution >= 0.6 is 23.4 Å². The Bertz CT molecular complexity index is 876. The number of ether oxygens (including phenoxy) is 4. The number of thioether (sulfide) groups is 1. The van der Waals surface area contributed by atoms with Crippen molar-refractivity contribution in [2.24, 2.45) is 0 Å². The summed E-state index contributed by atoms with van der Waals surface area (Å²) in [7, 11) is 5.66. The Kier molecular flexibility index (Phi) is 8.29. The lowest BCUT2D eigenvalue weighted by atomic mass is 10.2. The van der Waals surface area contributed by atoms with Crippen LogP contribution in [-0.4, -0.2) is 40.5 Å². The van der Waals surface area contributed by atoms with E-state index in [4.69, 9.17) is 30.5 Å². The third-order valence-corrected chi connectivity index (χ3v) is 4.99. The number of benzene rings is 2. The van der Waals surface area contributed by atoms with Crippen LogP contribution in [0.2, 0.25) is 5.02 Å². The first kappa shape index (κ1) is 22.5. The second kappa shape index (κ2) is 10.7. The van der Waals surface area contributed by atoms with Crippen LogP contribution in [0.25, 0.3) is 0 Å². The fraction of sp³-hybridized carbons (Fsp3) is 0.263. The Morgan fingerprint density at radius 2 is 1.52 bits per heavy atom. The van der Waals surface area contributed by atoms with E-state index in [1.165, 1.54) is 40.1 Å². The second-order valence-corrected chi connectivity index (χ2v) is 6.92. The van der Waals surface area contributed by atoms with Crippen molar-refractivity contribution in [3.05, 3.63) is 40.9 Å². The molecule has 0 aliphatic carbocycles. The summed E-state index contributed by atoms with van der Waals surface area (Å²) < 4.78 is 21.4. The molecule has 0 fully saturated rings. The molecule has 0 unspecified atom stereocenters. The van der Waals surface area contributed by atoms with E-state index in [2.05, 4.69) is 10.6 Å². The van der Waals surface area contributed by atoms with Crippen LogP contribution in [-0.2, 0) is 5.75 Å². The zero-order valence-corrected chi connectivity index (χ0v) is 17.9.